The Kier molecular flexibility index (Phi) is 4.56. The fraction of sp³-hybridized carbons (Fsp3) is 0.250. The van der Waals surface area contributed by atoms with Crippen LogP contribution in [-0.2, 0) is 0 Å². The maximum Gasteiger partial charge on any atom is 0.121 e. The summed E-state index contributed by atoms with van der Waals surface area (Å²) in [5, 5.41) is 12.2. The molecule has 1 aromatic heterocycles. The van der Waals surface area contributed by atoms with Crippen LogP contribution >= 0.6 is 0 Å². The summed E-state index contributed by atoms with van der Waals surface area (Å²) in [6.07, 6.45) is 4.38. The number of nitrogens with zero attached hydrogens (tertiary/aromatic N) is 2. The standard InChI is InChI=1S/C16H17N3O/c1-3-12(2)20-15-6-4-5-14(9-15)19-16-11-18-8-7-13(16)10-17/h4-9,11-12,19H,3H2,1-2H3. The zero-order chi connectivity index (χ0) is 14.4. The minimum atomic E-state index is 0.179. The molecular weight excluding hydrogens is 250 g/mol. The molecule has 1 atom stereocenters. The zero-order valence-electron chi connectivity index (χ0n) is 11.6. The van der Waals surface area contributed by atoms with E-state index in [0.717, 1.165) is 17.9 Å². The fourth-order valence-corrected chi connectivity index (χ4v) is 1.71. The van der Waals surface area contributed by atoms with Crippen molar-refractivity contribution in [3.05, 3.63) is 48.3 Å². The van der Waals surface area contributed by atoms with E-state index >= 15 is 0 Å². The maximum atomic E-state index is 9.06. The molecule has 0 aliphatic carbocycles. The lowest BCUT2D eigenvalue weighted by molar-refractivity contribution is 0.217. The highest BCUT2D eigenvalue weighted by atomic mass is 16.5. The van der Waals surface area contributed by atoms with E-state index in [0.29, 0.717) is 11.3 Å². The van der Waals surface area contributed by atoms with Crippen molar-refractivity contribution in [2.45, 2.75) is 26.4 Å². The number of anilines is 2. The Morgan fingerprint density at radius 3 is 3.00 bits per heavy atom. The third-order valence-corrected chi connectivity index (χ3v) is 2.97. The summed E-state index contributed by atoms with van der Waals surface area (Å²) in [6, 6.07) is 11.5. The van der Waals surface area contributed by atoms with Gasteiger partial charge in [-0.3, -0.25) is 4.98 Å². The molecule has 102 valence electrons. The topological polar surface area (TPSA) is 57.9 Å². The predicted molar refractivity (Wildman–Crippen MR) is 79.1 cm³/mol. The summed E-state index contributed by atoms with van der Waals surface area (Å²) in [4.78, 5) is 4.03. The molecule has 0 aliphatic heterocycles. The van der Waals surface area contributed by atoms with Crippen LogP contribution in [0.5, 0.6) is 5.75 Å². The zero-order valence-corrected chi connectivity index (χ0v) is 11.6. The van der Waals surface area contributed by atoms with E-state index in [1.54, 1.807) is 18.5 Å². The Morgan fingerprint density at radius 2 is 2.25 bits per heavy atom. The molecular formula is C16H17N3O. The van der Waals surface area contributed by atoms with Gasteiger partial charge >= 0.3 is 0 Å². The van der Waals surface area contributed by atoms with Crippen LogP contribution in [0.3, 0.4) is 0 Å². The lowest BCUT2D eigenvalue weighted by atomic mass is 10.2. The molecule has 0 fully saturated rings. The van der Waals surface area contributed by atoms with Crippen molar-refractivity contribution in [2.75, 3.05) is 5.32 Å². The molecule has 2 rings (SSSR count). The van der Waals surface area contributed by atoms with E-state index < -0.39 is 0 Å². The summed E-state index contributed by atoms with van der Waals surface area (Å²) in [6.45, 7) is 4.12. The van der Waals surface area contributed by atoms with Gasteiger partial charge in [-0.05, 0) is 31.5 Å². The molecule has 0 amide bonds. The van der Waals surface area contributed by atoms with Crippen molar-refractivity contribution in [2.24, 2.45) is 0 Å². The molecule has 0 spiro atoms. The van der Waals surface area contributed by atoms with E-state index in [4.69, 9.17) is 10.00 Å². The molecule has 0 aliphatic rings. The first-order valence-electron chi connectivity index (χ1n) is 6.60. The molecule has 0 saturated heterocycles. The monoisotopic (exact) mass is 267 g/mol. The third kappa shape index (κ3) is 3.48. The van der Waals surface area contributed by atoms with Crippen molar-refractivity contribution in [1.82, 2.24) is 4.98 Å². The van der Waals surface area contributed by atoms with Crippen LogP contribution in [0.2, 0.25) is 0 Å². The van der Waals surface area contributed by atoms with Crippen molar-refractivity contribution >= 4 is 11.4 Å². The fourth-order valence-electron chi connectivity index (χ4n) is 1.71. The van der Waals surface area contributed by atoms with Gasteiger partial charge in [0.1, 0.15) is 11.8 Å². The summed E-state index contributed by atoms with van der Waals surface area (Å²) in [5.41, 5.74) is 2.12. The number of aromatic nitrogens is 1. The summed E-state index contributed by atoms with van der Waals surface area (Å²) in [7, 11) is 0. The molecule has 0 saturated carbocycles. The largest absolute Gasteiger partial charge is 0.491 e. The SMILES string of the molecule is CCC(C)Oc1cccc(Nc2cnccc2C#N)c1. The highest BCUT2D eigenvalue weighted by molar-refractivity contribution is 5.66. The number of hydrogen-bond acceptors (Lipinski definition) is 4. The Morgan fingerprint density at radius 1 is 1.40 bits per heavy atom. The number of benzene rings is 1. The van der Waals surface area contributed by atoms with Crippen molar-refractivity contribution < 1.29 is 4.74 Å². The average Bonchev–Trinajstić information content (AvgIpc) is 2.48. The van der Waals surface area contributed by atoms with Crippen LogP contribution in [0.25, 0.3) is 0 Å². The predicted octanol–water partition coefficient (Wildman–Crippen LogP) is 3.87. The van der Waals surface area contributed by atoms with Gasteiger partial charge in [-0.25, -0.2) is 0 Å². The van der Waals surface area contributed by atoms with E-state index in [1.807, 2.05) is 31.2 Å². The van der Waals surface area contributed by atoms with Gasteiger partial charge in [0, 0.05) is 18.0 Å². The van der Waals surface area contributed by atoms with E-state index in [9.17, 15) is 0 Å². The smallest absolute Gasteiger partial charge is 0.121 e. The van der Waals surface area contributed by atoms with Gasteiger partial charge < -0.3 is 10.1 Å². The number of rotatable bonds is 5. The second-order valence-corrected chi connectivity index (χ2v) is 4.52. The van der Waals surface area contributed by atoms with Crippen molar-refractivity contribution in [3.8, 4) is 11.8 Å². The van der Waals surface area contributed by atoms with Gasteiger partial charge in [-0.1, -0.05) is 13.0 Å². The molecule has 20 heavy (non-hydrogen) atoms. The highest BCUT2D eigenvalue weighted by Gasteiger charge is 2.04. The maximum absolute atomic E-state index is 9.06. The Bertz CT molecular complexity index is 619. The Hall–Kier alpha value is -2.54. The van der Waals surface area contributed by atoms with Gasteiger partial charge in [0.15, 0.2) is 0 Å². The van der Waals surface area contributed by atoms with Crippen LogP contribution in [0, 0.1) is 11.3 Å². The molecule has 1 N–H and O–H groups in total. The first-order chi connectivity index (χ1) is 9.72. The minimum Gasteiger partial charge on any atom is -0.491 e. The minimum absolute atomic E-state index is 0.179. The second kappa shape index (κ2) is 6.58. The van der Waals surface area contributed by atoms with Crippen molar-refractivity contribution in [1.29, 1.82) is 5.26 Å². The van der Waals surface area contributed by atoms with E-state index in [1.165, 1.54) is 0 Å². The number of nitrogens with one attached hydrogen (secondary N) is 1. The van der Waals surface area contributed by atoms with Gasteiger partial charge in [0.2, 0.25) is 0 Å². The first kappa shape index (κ1) is 13.9. The Labute approximate surface area is 119 Å². The quantitative estimate of drug-likeness (QED) is 0.893. The highest BCUT2D eigenvalue weighted by Crippen LogP contribution is 2.23. The molecule has 0 bridgehead atoms. The Balaban J connectivity index is 2.18. The number of nitriles is 1. The normalized spacial score (nSPS) is 11.4. The van der Waals surface area contributed by atoms with Gasteiger partial charge in [-0.15, -0.1) is 0 Å². The average molecular weight is 267 g/mol. The van der Waals surface area contributed by atoms with Crippen LogP contribution < -0.4 is 10.1 Å². The third-order valence-electron chi connectivity index (χ3n) is 2.97. The molecule has 4 nitrogen and oxygen atoms in total. The van der Waals surface area contributed by atoms with Crippen LogP contribution in [0.15, 0.2) is 42.7 Å². The van der Waals surface area contributed by atoms with E-state index in [-0.39, 0.29) is 6.10 Å². The summed E-state index contributed by atoms with van der Waals surface area (Å²) >= 11 is 0. The van der Waals surface area contributed by atoms with Crippen LogP contribution in [-0.4, -0.2) is 11.1 Å². The first-order valence-corrected chi connectivity index (χ1v) is 6.60. The molecule has 2 aromatic rings. The second-order valence-electron chi connectivity index (χ2n) is 4.52. The molecule has 1 aromatic carbocycles. The van der Waals surface area contributed by atoms with Gasteiger partial charge in [0.25, 0.3) is 0 Å². The molecule has 1 unspecified atom stereocenters. The lowest BCUT2D eigenvalue weighted by Gasteiger charge is -2.14. The van der Waals surface area contributed by atoms with Gasteiger partial charge in [0.05, 0.1) is 23.6 Å². The number of pyridine rings is 1. The van der Waals surface area contributed by atoms with Crippen molar-refractivity contribution in [3.63, 3.8) is 0 Å². The molecule has 4 heteroatoms. The lowest BCUT2D eigenvalue weighted by Crippen LogP contribution is -2.09. The van der Waals surface area contributed by atoms with Crippen LogP contribution in [0.4, 0.5) is 11.4 Å². The summed E-state index contributed by atoms with van der Waals surface area (Å²) in [5.74, 6) is 0.812. The van der Waals surface area contributed by atoms with Gasteiger partial charge in [-0.2, -0.15) is 5.26 Å². The molecule has 0 radical (unpaired) electrons. The number of ether oxygens (including phenoxy) is 1. The number of hydrogen-bond donors (Lipinski definition) is 1. The van der Waals surface area contributed by atoms with E-state index in [2.05, 4.69) is 23.3 Å². The summed E-state index contributed by atoms with van der Waals surface area (Å²) < 4.78 is 5.78. The van der Waals surface area contributed by atoms with Crippen LogP contribution in [0.1, 0.15) is 25.8 Å². The molecule has 1 heterocycles.